The van der Waals surface area contributed by atoms with Crippen LogP contribution < -0.4 is 0 Å². The molecule has 4 rings (SSSR count). The fourth-order valence-corrected chi connectivity index (χ4v) is 4.30. The topological polar surface area (TPSA) is 58.4 Å². The molecule has 0 spiro atoms. The monoisotopic (exact) mass is 355 g/mol. The highest BCUT2D eigenvalue weighted by Gasteiger charge is 2.24. The zero-order valence-electron chi connectivity index (χ0n) is 14.0. The summed E-state index contributed by atoms with van der Waals surface area (Å²) in [6.07, 6.45) is 3.72. The van der Waals surface area contributed by atoms with E-state index in [9.17, 15) is 9.90 Å². The lowest BCUT2D eigenvalue weighted by Crippen LogP contribution is -2.42. The highest BCUT2D eigenvalue weighted by Crippen LogP contribution is 2.30. The first-order chi connectivity index (χ1) is 12.3. The van der Waals surface area contributed by atoms with Crippen LogP contribution in [-0.4, -0.2) is 45.2 Å². The number of piperidine rings is 1. The van der Waals surface area contributed by atoms with Gasteiger partial charge in [-0.05, 0) is 48.4 Å². The molecule has 1 aliphatic rings. The predicted octanol–water partition coefficient (Wildman–Crippen LogP) is 3.00. The predicted molar refractivity (Wildman–Crippen MR) is 99.4 cm³/mol. The molecular formula is C19H21N3O2S. The molecule has 3 aromatic heterocycles. The number of rotatable bonds is 4. The number of carbonyl (C=O) groups excluding carboxylic acids is 1. The second kappa shape index (κ2) is 6.98. The van der Waals surface area contributed by atoms with Crippen LogP contribution >= 0.6 is 11.3 Å². The number of carbonyl (C=O) groups is 1. The number of hydrogen-bond donors (Lipinski definition) is 1. The molecule has 0 bridgehead atoms. The van der Waals surface area contributed by atoms with Gasteiger partial charge in [0.15, 0.2) is 0 Å². The van der Waals surface area contributed by atoms with Crippen molar-refractivity contribution in [2.45, 2.75) is 19.4 Å². The van der Waals surface area contributed by atoms with Crippen LogP contribution in [0.1, 0.15) is 12.8 Å². The van der Waals surface area contributed by atoms with E-state index < -0.39 is 0 Å². The Morgan fingerprint density at radius 3 is 3.08 bits per heavy atom. The van der Waals surface area contributed by atoms with E-state index in [4.69, 9.17) is 0 Å². The van der Waals surface area contributed by atoms with Gasteiger partial charge in [0, 0.05) is 31.3 Å². The minimum absolute atomic E-state index is 0.0964. The lowest BCUT2D eigenvalue weighted by molar-refractivity contribution is -0.133. The van der Waals surface area contributed by atoms with E-state index in [1.807, 2.05) is 33.0 Å². The molecule has 0 saturated carbocycles. The van der Waals surface area contributed by atoms with Gasteiger partial charge in [-0.1, -0.05) is 6.07 Å². The van der Waals surface area contributed by atoms with E-state index in [1.54, 1.807) is 17.5 Å². The van der Waals surface area contributed by atoms with Crippen LogP contribution in [0, 0.1) is 5.92 Å². The molecule has 5 nitrogen and oxygen atoms in total. The highest BCUT2D eigenvalue weighted by atomic mass is 32.1. The van der Waals surface area contributed by atoms with Crippen molar-refractivity contribution in [3.8, 4) is 10.6 Å². The number of pyridine rings is 1. The van der Waals surface area contributed by atoms with Gasteiger partial charge in [0.05, 0.1) is 10.6 Å². The van der Waals surface area contributed by atoms with Crippen LogP contribution in [0.25, 0.3) is 21.6 Å². The molecule has 1 N–H and O–H groups in total. The zero-order chi connectivity index (χ0) is 17.2. The second-order valence-electron chi connectivity index (χ2n) is 6.54. The van der Waals surface area contributed by atoms with Crippen molar-refractivity contribution in [3.63, 3.8) is 0 Å². The normalized spacial score (nSPS) is 18.0. The van der Waals surface area contributed by atoms with E-state index in [0.717, 1.165) is 41.0 Å². The number of aliphatic hydroxyl groups is 1. The number of fused-ring (bicyclic) bond motifs is 1. The molecule has 3 aromatic rings. The molecule has 4 heterocycles. The Kier molecular flexibility index (Phi) is 4.55. The number of aromatic nitrogens is 2. The van der Waals surface area contributed by atoms with Crippen LogP contribution in [0.3, 0.4) is 0 Å². The minimum Gasteiger partial charge on any atom is -0.396 e. The van der Waals surface area contributed by atoms with Crippen LogP contribution in [0.15, 0.2) is 41.9 Å². The maximum atomic E-state index is 12.9. The van der Waals surface area contributed by atoms with Crippen LogP contribution in [0.5, 0.6) is 0 Å². The smallest absolute Gasteiger partial charge is 0.242 e. The summed E-state index contributed by atoms with van der Waals surface area (Å²) >= 11 is 1.67. The lowest BCUT2D eigenvalue weighted by Gasteiger charge is -2.32. The van der Waals surface area contributed by atoms with Crippen molar-refractivity contribution in [2.24, 2.45) is 5.92 Å². The Labute approximate surface area is 150 Å². The average molecular weight is 355 g/mol. The molecule has 130 valence electrons. The van der Waals surface area contributed by atoms with Crippen molar-refractivity contribution >= 4 is 28.3 Å². The summed E-state index contributed by atoms with van der Waals surface area (Å²) in [7, 11) is 0. The summed E-state index contributed by atoms with van der Waals surface area (Å²) in [5, 5.41) is 12.5. The summed E-state index contributed by atoms with van der Waals surface area (Å²) in [6.45, 7) is 1.86. The van der Waals surface area contributed by atoms with Gasteiger partial charge in [0.25, 0.3) is 0 Å². The first-order valence-electron chi connectivity index (χ1n) is 8.63. The van der Waals surface area contributed by atoms with Gasteiger partial charge in [-0.15, -0.1) is 11.3 Å². The summed E-state index contributed by atoms with van der Waals surface area (Å²) in [5.74, 6) is 0.299. The van der Waals surface area contributed by atoms with E-state index in [2.05, 4.69) is 17.1 Å². The molecule has 25 heavy (non-hydrogen) atoms. The average Bonchev–Trinajstić information content (AvgIpc) is 3.30. The fourth-order valence-electron chi connectivity index (χ4n) is 3.55. The molecular weight excluding hydrogens is 334 g/mol. The van der Waals surface area contributed by atoms with Gasteiger partial charge in [0.2, 0.25) is 5.91 Å². The van der Waals surface area contributed by atoms with Gasteiger partial charge in [-0.25, -0.2) is 4.98 Å². The van der Waals surface area contributed by atoms with Crippen molar-refractivity contribution in [2.75, 3.05) is 19.7 Å². The van der Waals surface area contributed by atoms with Gasteiger partial charge >= 0.3 is 0 Å². The molecule has 1 atom stereocenters. The quantitative estimate of drug-likeness (QED) is 0.783. The van der Waals surface area contributed by atoms with Crippen molar-refractivity contribution in [1.82, 2.24) is 14.5 Å². The Bertz CT molecular complexity index is 872. The Hall–Kier alpha value is -2.18. The van der Waals surface area contributed by atoms with E-state index >= 15 is 0 Å². The van der Waals surface area contributed by atoms with E-state index in [0.29, 0.717) is 6.54 Å². The number of thiophene rings is 1. The Morgan fingerprint density at radius 2 is 2.28 bits per heavy atom. The molecule has 0 radical (unpaired) electrons. The van der Waals surface area contributed by atoms with E-state index in [-0.39, 0.29) is 25.0 Å². The second-order valence-corrected chi connectivity index (χ2v) is 7.49. The molecule has 0 aromatic carbocycles. The largest absolute Gasteiger partial charge is 0.396 e. The standard InChI is InChI=1S/C19H21N3O2S/c23-13-14-4-2-8-21(11-14)18(24)12-22-16(17-6-3-9-25-17)10-15-5-1-7-20-19(15)22/h1,3,5-7,9-10,14,23H,2,4,8,11-13H2. The lowest BCUT2D eigenvalue weighted by atomic mass is 9.99. The molecule has 1 aliphatic heterocycles. The third-order valence-corrected chi connectivity index (χ3v) is 5.74. The van der Waals surface area contributed by atoms with Gasteiger partial charge in [-0.3, -0.25) is 4.79 Å². The summed E-state index contributed by atoms with van der Waals surface area (Å²) < 4.78 is 2.02. The van der Waals surface area contributed by atoms with E-state index in [1.165, 1.54) is 0 Å². The summed E-state index contributed by atoms with van der Waals surface area (Å²) in [6, 6.07) is 10.1. The Balaban J connectivity index is 1.66. The number of aliphatic hydroxyl groups excluding tert-OH is 1. The number of amides is 1. The molecule has 1 amide bonds. The third-order valence-electron chi connectivity index (χ3n) is 4.85. The number of nitrogens with zero attached hydrogens (tertiary/aromatic N) is 3. The number of likely N-dealkylation sites (tertiary alicyclic amines) is 1. The van der Waals surface area contributed by atoms with Gasteiger partial charge < -0.3 is 14.6 Å². The van der Waals surface area contributed by atoms with Crippen LogP contribution in [0.4, 0.5) is 0 Å². The maximum Gasteiger partial charge on any atom is 0.242 e. The van der Waals surface area contributed by atoms with Crippen molar-refractivity contribution in [3.05, 3.63) is 41.9 Å². The Morgan fingerprint density at radius 1 is 1.36 bits per heavy atom. The maximum absolute atomic E-state index is 12.9. The number of hydrogen-bond acceptors (Lipinski definition) is 4. The van der Waals surface area contributed by atoms with Gasteiger partial charge in [-0.2, -0.15) is 0 Å². The summed E-state index contributed by atoms with van der Waals surface area (Å²) in [4.78, 5) is 20.4. The first-order valence-corrected chi connectivity index (χ1v) is 9.51. The summed E-state index contributed by atoms with van der Waals surface area (Å²) in [5.41, 5.74) is 1.88. The third kappa shape index (κ3) is 3.19. The molecule has 6 heteroatoms. The minimum atomic E-state index is 0.0964. The fraction of sp³-hybridized carbons (Fsp3) is 0.368. The van der Waals surface area contributed by atoms with Crippen LogP contribution in [0.2, 0.25) is 0 Å². The molecule has 0 aliphatic carbocycles. The zero-order valence-corrected chi connectivity index (χ0v) is 14.8. The SMILES string of the molecule is O=C(Cn1c(-c2cccs2)cc2cccnc21)N1CCCC(CO)C1. The van der Waals surface area contributed by atoms with Crippen LogP contribution in [-0.2, 0) is 11.3 Å². The first kappa shape index (κ1) is 16.3. The molecule has 1 unspecified atom stereocenters. The van der Waals surface area contributed by atoms with Crippen molar-refractivity contribution < 1.29 is 9.90 Å². The van der Waals surface area contributed by atoms with Gasteiger partial charge in [0.1, 0.15) is 12.2 Å². The highest BCUT2D eigenvalue weighted by molar-refractivity contribution is 7.13. The van der Waals surface area contributed by atoms with Crippen molar-refractivity contribution in [1.29, 1.82) is 0 Å². The molecule has 1 saturated heterocycles. The molecule has 1 fully saturated rings.